The third-order valence-corrected chi connectivity index (χ3v) is 9.14. The van der Waals surface area contributed by atoms with Crippen molar-refractivity contribution in [3.63, 3.8) is 0 Å². The summed E-state index contributed by atoms with van der Waals surface area (Å²) in [6.07, 6.45) is 36.6. The summed E-state index contributed by atoms with van der Waals surface area (Å²) in [5, 5.41) is 0. The molecule has 0 amide bonds. The number of phosphoric ester groups is 1. The zero-order chi connectivity index (χ0) is 34.7. The standard InChI is InChI=1S/C38H71O8P/c1-4-6-8-10-12-14-16-17-18-19-20-21-22-23-25-27-29-31-33-38(40)46-36(35-45-47(41,42)43-3)34-44-37(39)32-30-28-26-24-15-13-11-9-7-5-2/h14,16,18-19,36H,4-13,15,17,20-35H2,1-3H3,(H,41,42)/b16-14-,19-18-. The lowest BCUT2D eigenvalue weighted by Crippen LogP contribution is -2.29. The van der Waals surface area contributed by atoms with Gasteiger partial charge in [0.1, 0.15) is 6.61 Å². The molecule has 47 heavy (non-hydrogen) atoms. The maximum Gasteiger partial charge on any atom is 0.472 e. The van der Waals surface area contributed by atoms with Gasteiger partial charge in [0, 0.05) is 20.0 Å². The van der Waals surface area contributed by atoms with Crippen LogP contribution in [0.3, 0.4) is 0 Å². The molecule has 1 N–H and O–H groups in total. The Morgan fingerprint density at radius 1 is 0.596 bits per heavy atom. The van der Waals surface area contributed by atoms with Crippen molar-refractivity contribution < 1.29 is 37.6 Å². The van der Waals surface area contributed by atoms with E-state index in [4.69, 9.17) is 14.0 Å². The normalized spacial score (nSPS) is 13.7. The van der Waals surface area contributed by atoms with E-state index in [0.717, 1.165) is 58.5 Å². The predicted molar refractivity (Wildman–Crippen MR) is 193 cm³/mol. The molecule has 8 nitrogen and oxygen atoms in total. The van der Waals surface area contributed by atoms with Crippen molar-refractivity contribution in [2.24, 2.45) is 0 Å². The lowest BCUT2D eigenvalue weighted by Gasteiger charge is -2.19. The molecule has 9 heteroatoms. The highest BCUT2D eigenvalue weighted by atomic mass is 31.2. The van der Waals surface area contributed by atoms with Gasteiger partial charge in [-0.3, -0.25) is 18.6 Å². The summed E-state index contributed by atoms with van der Waals surface area (Å²) in [4.78, 5) is 34.3. The third-order valence-electron chi connectivity index (χ3n) is 8.20. The highest BCUT2D eigenvalue weighted by Gasteiger charge is 2.24. The molecule has 0 rings (SSSR count). The number of allylic oxidation sites excluding steroid dienone is 4. The Labute approximate surface area is 288 Å². The van der Waals surface area contributed by atoms with E-state index in [1.54, 1.807) is 0 Å². The predicted octanol–water partition coefficient (Wildman–Crippen LogP) is 11.5. The van der Waals surface area contributed by atoms with E-state index in [9.17, 15) is 19.0 Å². The number of phosphoric acid groups is 1. The van der Waals surface area contributed by atoms with Crippen molar-refractivity contribution in [3.8, 4) is 0 Å². The first-order valence-electron chi connectivity index (χ1n) is 19.0. The third kappa shape index (κ3) is 34.2. The molecule has 0 aliphatic rings. The van der Waals surface area contributed by atoms with E-state index in [0.29, 0.717) is 12.8 Å². The van der Waals surface area contributed by atoms with Gasteiger partial charge in [0.15, 0.2) is 6.10 Å². The first-order valence-corrected chi connectivity index (χ1v) is 20.5. The first kappa shape index (κ1) is 45.5. The van der Waals surface area contributed by atoms with Gasteiger partial charge in [0.2, 0.25) is 0 Å². The molecule has 0 bridgehead atoms. The van der Waals surface area contributed by atoms with Gasteiger partial charge >= 0.3 is 19.8 Å². The Kier molecular flexibility index (Phi) is 33.3. The largest absolute Gasteiger partial charge is 0.472 e. The van der Waals surface area contributed by atoms with Crippen LogP contribution < -0.4 is 0 Å². The SMILES string of the molecule is CCCCCC/C=C\C/C=C\CCCCCCCCCC(=O)OC(COC(=O)CCCCCCCCCCCC)COP(=O)(O)OC. The molecule has 0 saturated heterocycles. The average molecular weight is 687 g/mol. The number of esters is 2. The Balaban J connectivity index is 4.04. The van der Waals surface area contributed by atoms with Crippen molar-refractivity contribution in [1.82, 2.24) is 0 Å². The molecule has 0 aliphatic heterocycles. The molecular weight excluding hydrogens is 615 g/mol. The molecule has 2 unspecified atom stereocenters. The minimum absolute atomic E-state index is 0.225. The summed E-state index contributed by atoms with van der Waals surface area (Å²) in [5.41, 5.74) is 0. The second-order valence-corrected chi connectivity index (χ2v) is 14.3. The summed E-state index contributed by atoms with van der Waals surface area (Å²) in [6, 6.07) is 0. The molecule has 0 aliphatic carbocycles. The van der Waals surface area contributed by atoms with E-state index in [-0.39, 0.29) is 19.0 Å². The van der Waals surface area contributed by atoms with Gasteiger partial charge in [-0.2, -0.15) is 0 Å². The van der Waals surface area contributed by atoms with Crippen LogP contribution in [0, 0.1) is 0 Å². The Morgan fingerprint density at radius 3 is 1.51 bits per heavy atom. The number of rotatable bonds is 35. The van der Waals surface area contributed by atoms with Crippen LogP contribution in [0.5, 0.6) is 0 Å². The molecule has 0 fully saturated rings. The van der Waals surface area contributed by atoms with Crippen molar-refractivity contribution >= 4 is 19.8 Å². The van der Waals surface area contributed by atoms with Crippen LogP contribution in [-0.2, 0) is 32.7 Å². The fourth-order valence-electron chi connectivity index (χ4n) is 5.22. The molecule has 2 atom stereocenters. The highest BCUT2D eigenvalue weighted by molar-refractivity contribution is 7.47. The Bertz CT molecular complexity index is 829. The minimum Gasteiger partial charge on any atom is -0.462 e. The average Bonchev–Trinajstić information content (AvgIpc) is 3.06. The zero-order valence-electron chi connectivity index (χ0n) is 30.4. The van der Waals surface area contributed by atoms with Crippen LogP contribution in [0.1, 0.15) is 181 Å². The number of hydrogen-bond donors (Lipinski definition) is 1. The van der Waals surface area contributed by atoms with Crippen LogP contribution in [0.25, 0.3) is 0 Å². The molecule has 0 saturated carbocycles. The van der Waals surface area contributed by atoms with E-state index in [1.165, 1.54) is 96.3 Å². The Morgan fingerprint density at radius 2 is 1.02 bits per heavy atom. The Hall–Kier alpha value is -1.47. The summed E-state index contributed by atoms with van der Waals surface area (Å²) in [7, 11) is -3.20. The van der Waals surface area contributed by atoms with Gasteiger partial charge in [0.05, 0.1) is 6.61 Å². The monoisotopic (exact) mass is 686 g/mol. The first-order chi connectivity index (χ1) is 22.8. The van der Waals surface area contributed by atoms with E-state index >= 15 is 0 Å². The van der Waals surface area contributed by atoms with Gasteiger partial charge in [0.25, 0.3) is 0 Å². The van der Waals surface area contributed by atoms with Crippen molar-refractivity contribution in [3.05, 3.63) is 24.3 Å². The van der Waals surface area contributed by atoms with Crippen LogP contribution in [0.4, 0.5) is 0 Å². The van der Waals surface area contributed by atoms with Crippen LogP contribution in [0.15, 0.2) is 24.3 Å². The topological polar surface area (TPSA) is 108 Å². The minimum atomic E-state index is -4.25. The lowest BCUT2D eigenvalue weighted by atomic mass is 10.1. The summed E-state index contributed by atoms with van der Waals surface area (Å²) >= 11 is 0. The maximum atomic E-state index is 12.4. The smallest absolute Gasteiger partial charge is 0.462 e. The van der Waals surface area contributed by atoms with Gasteiger partial charge in [-0.05, 0) is 44.9 Å². The fourth-order valence-corrected chi connectivity index (χ4v) is 5.68. The quantitative estimate of drug-likeness (QED) is 0.0304. The van der Waals surface area contributed by atoms with Crippen molar-refractivity contribution in [1.29, 1.82) is 0 Å². The fraction of sp³-hybridized carbons (Fsp3) is 0.842. The summed E-state index contributed by atoms with van der Waals surface area (Å²) < 4.78 is 31.8. The van der Waals surface area contributed by atoms with Crippen molar-refractivity contribution in [2.75, 3.05) is 20.3 Å². The molecular formula is C38H71O8P. The molecule has 0 aromatic rings. The number of ether oxygens (including phenoxy) is 2. The molecule has 0 radical (unpaired) electrons. The second kappa shape index (κ2) is 34.4. The summed E-state index contributed by atoms with van der Waals surface area (Å²) in [5.74, 6) is -0.811. The second-order valence-electron chi connectivity index (χ2n) is 12.7. The maximum absolute atomic E-state index is 12.4. The van der Waals surface area contributed by atoms with Crippen LogP contribution in [0.2, 0.25) is 0 Å². The van der Waals surface area contributed by atoms with E-state index in [2.05, 4.69) is 42.7 Å². The van der Waals surface area contributed by atoms with Crippen molar-refractivity contribution in [2.45, 2.75) is 187 Å². The van der Waals surface area contributed by atoms with Crippen LogP contribution in [-0.4, -0.2) is 43.3 Å². The molecule has 0 aromatic heterocycles. The molecule has 0 heterocycles. The van der Waals surface area contributed by atoms with Gasteiger partial charge in [-0.15, -0.1) is 0 Å². The van der Waals surface area contributed by atoms with Gasteiger partial charge in [-0.1, -0.05) is 147 Å². The highest BCUT2D eigenvalue weighted by Crippen LogP contribution is 2.42. The van der Waals surface area contributed by atoms with E-state index < -0.39 is 26.5 Å². The van der Waals surface area contributed by atoms with Gasteiger partial charge < -0.3 is 14.4 Å². The molecule has 276 valence electrons. The number of carbonyl (C=O) groups excluding carboxylic acids is 2. The van der Waals surface area contributed by atoms with E-state index in [1.807, 2.05) is 0 Å². The molecule has 0 spiro atoms. The lowest BCUT2D eigenvalue weighted by molar-refractivity contribution is -0.161. The molecule has 0 aromatic carbocycles. The number of unbranched alkanes of at least 4 members (excludes halogenated alkanes) is 20. The van der Waals surface area contributed by atoms with Crippen LogP contribution >= 0.6 is 7.82 Å². The summed E-state index contributed by atoms with van der Waals surface area (Å²) in [6.45, 7) is 3.84. The van der Waals surface area contributed by atoms with Gasteiger partial charge in [-0.25, -0.2) is 4.57 Å². The number of carbonyl (C=O) groups is 2. The zero-order valence-corrected chi connectivity index (χ0v) is 31.3. The number of hydrogen-bond acceptors (Lipinski definition) is 7.